The van der Waals surface area contributed by atoms with Crippen LogP contribution in [0.2, 0.25) is 0 Å². The molecule has 0 saturated carbocycles. The van der Waals surface area contributed by atoms with Gasteiger partial charge in [-0.25, -0.2) is 0 Å². The van der Waals surface area contributed by atoms with Crippen LogP contribution in [0.5, 0.6) is 0 Å². The summed E-state index contributed by atoms with van der Waals surface area (Å²) in [7, 11) is 0. The summed E-state index contributed by atoms with van der Waals surface area (Å²) >= 11 is 1.66. The van der Waals surface area contributed by atoms with Crippen LogP contribution in [0.4, 0.5) is 0 Å². The molecule has 0 saturated heterocycles. The number of hydrogen-bond acceptors (Lipinski definition) is 3. The molecule has 2 nitrogen and oxygen atoms in total. The van der Waals surface area contributed by atoms with E-state index in [2.05, 4.69) is 36.3 Å². The summed E-state index contributed by atoms with van der Waals surface area (Å²) in [5.74, 6) is 0. The molecule has 0 aliphatic rings. The van der Waals surface area contributed by atoms with Crippen LogP contribution in [0.15, 0.2) is 16.8 Å². The lowest BCUT2D eigenvalue weighted by atomic mass is 10.1. The van der Waals surface area contributed by atoms with Gasteiger partial charge >= 0.3 is 0 Å². The number of nitrogens with zero attached hydrogens (tertiary/aromatic N) is 2. The molecule has 15 heavy (non-hydrogen) atoms. The Hall–Kier alpha value is -0.850. The molecule has 1 unspecified atom stereocenters. The van der Waals surface area contributed by atoms with Crippen molar-refractivity contribution in [3.05, 3.63) is 22.4 Å². The van der Waals surface area contributed by atoms with Crippen LogP contribution >= 0.6 is 11.3 Å². The summed E-state index contributed by atoms with van der Waals surface area (Å²) in [6.45, 7) is 6.32. The van der Waals surface area contributed by atoms with Gasteiger partial charge in [-0.05, 0) is 48.3 Å². The van der Waals surface area contributed by atoms with Crippen molar-refractivity contribution in [2.45, 2.75) is 32.7 Å². The lowest BCUT2D eigenvalue weighted by Crippen LogP contribution is -2.29. The summed E-state index contributed by atoms with van der Waals surface area (Å²) in [6, 6.07) is 4.40. The second-order valence-electron chi connectivity index (χ2n) is 3.62. The minimum atomic E-state index is -0.0591. The lowest BCUT2D eigenvalue weighted by molar-refractivity contribution is 0.237. The number of rotatable bonds is 6. The van der Waals surface area contributed by atoms with Gasteiger partial charge in [0.05, 0.1) is 6.07 Å². The molecule has 0 radical (unpaired) electrons. The lowest BCUT2D eigenvalue weighted by Gasteiger charge is -2.25. The van der Waals surface area contributed by atoms with Crippen molar-refractivity contribution in [3.8, 4) is 6.07 Å². The third-order valence-corrected chi connectivity index (χ3v) is 3.07. The first kappa shape index (κ1) is 12.2. The Labute approximate surface area is 96.1 Å². The van der Waals surface area contributed by atoms with Crippen LogP contribution in [0.1, 0.15) is 38.3 Å². The normalized spacial score (nSPS) is 12.7. The standard InChI is InChI=1S/C12H18N2S/c1-3-6-14(7-4-2)12(9-13)11-5-8-15-10-11/h5,8,10,12H,3-4,6-7H2,1-2H3. The van der Waals surface area contributed by atoms with Crippen LogP contribution in [0, 0.1) is 11.3 Å². The molecule has 82 valence electrons. The van der Waals surface area contributed by atoms with E-state index < -0.39 is 0 Å². The zero-order valence-electron chi connectivity index (χ0n) is 9.44. The van der Waals surface area contributed by atoms with Crippen molar-refractivity contribution >= 4 is 11.3 Å². The van der Waals surface area contributed by atoms with Gasteiger partial charge in [0.2, 0.25) is 0 Å². The van der Waals surface area contributed by atoms with E-state index in [1.165, 1.54) is 0 Å². The topological polar surface area (TPSA) is 27.0 Å². The second kappa shape index (κ2) is 6.60. The van der Waals surface area contributed by atoms with E-state index in [1.54, 1.807) is 11.3 Å². The van der Waals surface area contributed by atoms with Gasteiger partial charge in [-0.15, -0.1) is 0 Å². The van der Waals surface area contributed by atoms with Crippen molar-refractivity contribution < 1.29 is 0 Å². The van der Waals surface area contributed by atoms with Gasteiger partial charge in [-0.1, -0.05) is 13.8 Å². The van der Waals surface area contributed by atoms with Gasteiger partial charge in [0, 0.05) is 0 Å². The highest BCUT2D eigenvalue weighted by Crippen LogP contribution is 2.22. The summed E-state index contributed by atoms with van der Waals surface area (Å²) < 4.78 is 0. The van der Waals surface area contributed by atoms with Gasteiger partial charge < -0.3 is 0 Å². The number of nitriles is 1. The quantitative estimate of drug-likeness (QED) is 0.737. The molecule has 3 heteroatoms. The highest BCUT2D eigenvalue weighted by molar-refractivity contribution is 7.08. The van der Waals surface area contributed by atoms with Crippen molar-refractivity contribution in [3.63, 3.8) is 0 Å². The Bertz CT molecular complexity index is 294. The Kier molecular flexibility index (Phi) is 5.38. The Balaban J connectivity index is 2.74. The predicted molar refractivity (Wildman–Crippen MR) is 64.8 cm³/mol. The maximum absolute atomic E-state index is 9.23. The molecule has 1 atom stereocenters. The first-order valence-corrected chi connectivity index (χ1v) is 6.43. The zero-order valence-corrected chi connectivity index (χ0v) is 10.3. The number of hydrogen-bond donors (Lipinski definition) is 0. The summed E-state index contributed by atoms with van der Waals surface area (Å²) in [5.41, 5.74) is 1.14. The smallest absolute Gasteiger partial charge is 0.124 e. The molecule has 1 aromatic heterocycles. The van der Waals surface area contributed by atoms with E-state index in [1.807, 2.05) is 5.38 Å². The average Bonchev–Trinajstić information content (AvgIpc) is 2.73. The van der Waals surface area contributed by atoms with Gasteiger partial charge in [-0.3, -0.25) is 4.90 Å². The van der Waals surface area contributed by atoms with E-state index in [0.717, 1.165) is 31.5 Å². The van der Waals surface area contributed by atoms with Crippen molar-refractivity contribution in [2.24, 2.45) is 0 Å². The van der Waals surface area contributed by atoms with Crippen molar-refractivity contribution in [2.75, 3.05) is 13.1 Å². The van der Waals surface area contributed by atoms with E-state index in [-0.39, 0.29) is 6.04 Å². The molecule has 0 N–H and O–H groups in total. The predicted octanol–water partition coefficient (Wildman–Crippen LogP) is 3.43. The third kappa shape index (κ3) is 3.33. The van der Waals surface area contributed by atoms with Gasteiger partial charge in [0.25, 0.3) is 0 Å². The average molecular weight is 222 g/mol. The van der Waals surface area contributed by atoms with Crippen LogP contribution in [0.25, 0.3) is 0 Å². The van der Waals surface area contributed by atoms with Gasteiger partial charge in [0.15, 0.2) is 0 Å². The summed E-state index contributed by atoms with van der Waals surface area (Å²) in [5, 5.41) is 13.3. The van der Waals surface area contributed by atoms with Crippen LogP contribution in [-0.4, -0.2) is 18.0 Å². The Morgan fingerprint density at radius 1 is 1.40 bits per heavy atom. The van der Waals surface area contributed by atoms with Gasteiger partial charge in [0.1, 0.15) is 6.04 Å². The van der Waals surface area contributed by atoms with E-state index in [4.69, 9.17) is 0 Å². The highest BCUT2D eigenvalue weighted by atomic mass is 32.1. The molecule has 0 amide bonds. The summed E-state index contributed by atoms with van der Waals surface area (Å²) in [6.07, 6.45) is 2.20. The molecule has 1 aromatic rings. The van der Waals surface area contributed by atoms with Crippen LogP contribution < -0.4 is 0 Å². The molecular formula is C12H18N2S. The van der Waals surface area contributed by atoms with E-state index in [0.29, 0.717) is 0 Å². The molecule has 0 spiro atoms. The fourth-order valence-corrected chi connectivity index (χ4v) is 2.42. The minimum absolute atomic E-state index is 0.0591. The maximum atomic E-state index is 9.23. The fourth-order valence-electron chi connectivity index (χ4n) is 1.74. The molecule has 0 aliphatic carbocycles. The zero-order chi connectivity index (χ0) is 11.1. The molecule has 0 aliphatic heterocycles. The maximum Gasteiger partial charge on any atom is 0.124 e. The second-order valence-corrected chi connectivity index (χ2v) is 4.40. The minimum Gasteiger partial charge on any atom is -0.284 e. The SMILES string of the molecule is CCCN(CCC)C(C#N)c1ccsc1. The molecule has 0 aromatic carbocycles. The Morgan fingerprint density at radius 3 is 2.47 bits per heavy atom. The molecule has 0 bridgehead atoms. The molecule has 1 rings (SSSR count). The van der Waals surface area contributed by atoms with Crippen LogP contribution in [-0.2, 0) is 0 Å². The molecule has 1 heterocycles. The largest absolute Gasteiger partial charge is 0.284 e. The van der Waals surface area contributed by atoms with E-state index in [9.17, 15) is 5.26 Å². The fraction of sp³-hybridized carbons (Fsp3) is 0.583. The van der Waals surface area contributed by atoms with Crippen molar-refractivity contribution in [1.82, 2.24) is 4.90 Å². The molecule has 0 fully saturated rings. The first-order chi connectivity index (χ1) is 7.33. The Morgan fingerprint density at radius 2 is 2.07 bits per heavy atom. The van der Waals surface area contributed by atoms with Gasteiger partial charge in [-0.2, -0.15) is 16.6 Å². The molecular weight excluding hydrogens is 204 g/mol. The summed E-state index contributed by atoms with van der Waals surface area (Å²) in [4.78, 5) is 2.27. The monoisotopic (exact) mass is 222 g/mol. The highest BCUT2D eigenvalue weighted by Gasteiger charge is 2.18. The van der Waals surface area contributed by atoms with Crippen molar-refractivity contribution in [1.29, 1.82) is 5.26 Å². The van der Waals surface area contributed by atoms with Crippen LogP contribution in [0.3, 0.4) is 0 Å². The number of thiophene rings is 1. The first-order valence-electron chi connectivity index (χ1n) is 5.49. The van der Waals surface area contributed by atoms with E-state index >= 15 is 0 Å². The third-order valence-electron chi connectivity index (χ3n) is 2.37.